The van der Waals surface area contributed by atoms with Gasteiger partial charge in [-0.15, -0.1) is 0 Å². The summed E-state index contributed by atoms with van der Waals surface area (Å²) in [4.78, 5) is 22.5. The maximum atomic E-state index is 12.6. The van der Waals surface area contributed by atoms with Crippen LogP contribution in [0.4, 0.5) is 14.9 Å². The van der Waals surface area contributed by atoms with E-state index in [4.69, 9.17) is 0 Å². The number of hydrogen-bond donors (Lipinski definition) is 3. The average molecular weight is 253 g/mol. The predicted octanol–water partition coefficient (Wildman–Crippen LogP) is 1.47. The van der Waals surface area contributed by atoms with E-state index in [0.29, 0.717) is 12.2 Å². The lowest BCUT2D eigenvalue weighted by Crippen LogP contribution is -2.42. The number of anilines is 1. The Morgan fingerprint density at radius 2 is 1.89 bits per heavy atom. The normalized spacial score (nSPS) is 9.67. The first-order chi connectivity index (χ1) is 8.61. The van der Waals surface area contributed by atoms with Crippen molar-refractivity contribution in [3.63, 3.8) is 0 Å². The topological polar surface area (TPSA) is 70.2 Å². The predicted molar refractivity (Wildman–Crippen MR) is 66.7 cm³/mol. The highest BCUT2D eigenvalue weighted by Gasteiger charge is 2.06. The highest BCUT2D eigenvalue weighted by atomic mass is 19.1. The second kappa shape index (κ2) is 7.26. The maximum absolute atomic E-state index is 12.6. The zero-order valence-electron chi connectivity index (χ0n) is 10.1. The van der Waals surface area contributed by atoms with E-state index in [1.807, 2.05) is 6.92 Å². The number of urea groups is 1. The van der Waals surface area contributed by atoms with Gasteiger partial charge in [0.2, 0.25) is 5.91 Å². The van der Waals surface area contributed by atoms with Crippen molar-refractivity contribution in [1.82, 2.24) is 10.6 Å². The molecule has 0 aliphatic heterocycles. The fourth-order valence-electron chi connectivity index (χ4n) is 1.20. The molecule has 0 atom stereocenters. The lowest BCUT2D eigenvalue weighted by Gasteiger charge is -2.07. The SMILES string of the molecule is CCCNC(=O)NC(=O)CNc1ccc(F)cc1. The van der Waals surface area contributed by atoms with E-state index in [2.05, 4.69) is 16.0 Å². The third kappa shape index (κ3) is 5.29. The fraction of sp³-hybridized carbons (Fsp3) is 0.333. The second-order valence-electron chi connectivity index (χ2n) is 3.66. The third-order valence-electron chi connectivity index (χ3n) is 2.09. The number of halogens is 1. The Labute approximate surface area is 105 Å². The molecular formula is C12H16FN3O2. The van der Waals surface area contributed by atoms with Gasteiger partial charge in [0, 0.05) is 12.2 Å². The van der Waals surface area contributed by atoms with Crippen molar-refractivity contribution in [3.8, 4) is 0 Å². The van der Waals surface area contributed by atoms with E-state index in [1.54, 1.807) is 0 Å². The molecule has 5 nitrogen and oxygen atoms in total. The minimum Gasteiger partial charge on any atom is -0.376 e. The molecule has 0 saturated carbocycles. The Hall–Kier alpha value is -2.11. The van der Waals surface area contributed by atoms with Crippen molar-refractivity contribution in [2.75, 3.05) is 18.4 Å². The number of nitrogens with one attached hydrogen (secondary N) is 3. The first-order valence-corrected chi connectivity index (χ1v) is 5.69. The molecular weight excluding hydrogens is 237 g/mol. The van der Waals surface area contributed by atoms with Crippen LogP contribution in [0, 0.1) is 5.82 Å². The number of hydrogen-bond acceptors (Lipinski definition) is 3. The molecule has 0 spiro atoms. The summed E-state index contributed by atoms with van der Waals surface area (Å²) in [6.45, 7) is 2.38. The largest absolute Gasteiger partial charge is 0.376 e. The van der Waals surface area contributed by atoms with Gasteiger partial charge in [0.25, 0.3) is 0 Å². The number of carbonyl (C=O) groups is 2. The summed E-state index contributed by atoms with van der Waals surface area (Å²) in [6.07, 6.45) is 0.801. The van der Waals surface area contributed by atoms with Crippen LogP contribution >= 0.6 is 0 Å². The van der Waals surface area contributed by atoms with Crippen molar-refractivity contribution in [2.24, 2.45) is 0 Å². The molecule has 0 aliphatic rings. The molecule has 1 aromatic rings. The van der Waals surface area contributed by atoms with Crippen LogP contribution < -0.4 is 16.0 Å². The first kappa shape index (κ1) is 14.0. The van der Waals surface area contributed by atoms with Crippen LogP contribution in [0.15, 0.2) is 24.3 Å². The van der Waals surface area contributed by atoms with Crippen LogP contribution in [-0.4, -0.2) is 25.0 Å². The Morgan fingerprint density at radius 1 is 1.22 bits per heavy atom. The van der Waals surface area contributed by atoms with E-state index in [1.165, 1.54) is 24.3 Å². The number of benzene rings is 1. The van der Waals surface area contributed by atoms with Gasteiger partial charge in [-0.25, -0.2) is 9.18 Å². The van der Waals surface area contributed by atoms with Crippen molar-refractivity contribution in [3.05, 3.63) is 30.1 Å². The van der Waals surface area contributed by atoms with Gasteiger partial charge < -0.3 is 10.6 Å². The Balaban J connectivity index is 2.28. The maximum Gasteiger partial charge on any atom is 0.321 e. The summed E-state index contributed by atoms with van der Waals surface area (Å²) < 4.78 is 12.6. The van der Waals surface area contributed by atoms with Gasteiger partial charge >= 0.3 is 6.03 Å². The summed E-state index contributed by atoms with van der Waals surface area (Å²) in [5.41, 5.74) is 0.612. The van der Waals surface area contributed by atoms with Crippen LogP contribution in [0.25, 0.3) is 0 Å². The van der Waals surface area contributed by atoms with Crippen molar-refractivity contribution >= 4 is 17.6 Å². The molecule has 18 heavy (non-hydrogen) atoms. The molecule has 6 heteroatoms. The van der Waals surface area contributed by atoms with Gasteiger partial charge in [-0.05, 0) is 30.7 Å². The van der Waals surface area contributed by atoms with E-state index >= 15 is 0 Å². The van der Waals surface area contributed by atoms with Gasteiger partial charge in [-0.1, -0.05) is 6.92 Å². The molecule has 0 unspecified atom stereocenters. The van der Waals surface area contributed by atoms with Gasteiger partial charge in [0.05, 0.1) is 6.54 Å². The van der Waals surface area contributed by atoms with Crippen molar-refractivity contribution in [1.29, 1.82) is 0 Å². The summed E-state index contributed by atoms with van der Waals surface area (Å²) >= 11 is 0. The molecule has 0 aliphatic carbocycles. The molecule has 98 valence electrons. The summed E-state index contributed by atoms with van der Waals surface area (Å²) in [5, 5.41) is 7.47. The first-order valence-electron chi connectivity index (χ1n) is 5.69. The molecule has 3 amide bonds. The number of amides is 3. The molecule has 0 aromatic heterocycles. The van der Waals surface area contributed by atoms with Gasteiger partial charge in [-0.2, -0.15) is 0 Å². The minimum absolute atomic E-state index is 0.0504. The summed E-state index contributed by atoms with van der Waals surface area (Å²) in [6, 6.07) is 5.09. The zero-order chi connectivity index (χ0) is 13.4. The van der Waals surface area contributed by atoms with E-state index in [-0.39, 0.29) is 12.4 Å². The molecule has 3 N–H and O–H groups in total. The minimum atomic E-state index is -0.511. The molecule has 1 rings (SSSR count). The summed E-state index contributed by atoms with van der Waals surface area (Å²) in [7, 11) is 0. The van der Waals surface area contributed by atoms with Crippen LogP contribution in [0.3, 0.4) is 0 Å². The van der Waals surface area contributed by atoms with Gasteiger partial charge in [0.1, 0.15) is 5.82 Å². The molecule has 0 bridgehead atoms. The molecule has 0 heterocycles. The quantitative estimate of drug-likeness (QED) is 0.744. The third-order valence-corrected chi connectivity index (χ3v) is 2.09. The Bertz CT molecular complexity index is 406. The van der Waals surface area contributed by atoms with Crippen molar-refractivity contribution < 1.29 is 14.0 Å². The van der Waals surface area contributed by atoms with Crippen LogP contribution in [-0.2, 0) is 4.79 Å². The zero-order valence-corrected chi connectivity index (χ0v) is 10.1. The monoisotopic (exact) mass is 253 g/mol. The molecule has 0 saturated heterocycles. The highest BCUT2D eigenvalue weighted by Crippen LogP contribution is 2.07. The number of rotatable bonds is 5. The van der Waals surface area contributed by atoms with Crippen LogP contribution in [0.5, 0.6) is 0 Å². The van der Waals surface area contributed by atoms with Gasteiger partial charge in [-0.3, -0.25) is 10.1 Å². The molecule has 0 fully saturated rings. The molecule has 1 aromatic carbocycles. The Morgan fingerprint density at radius 3 is 2.50 bits per heavy atom. The number of carbonyl (C=O) groups excluding carboxylic acids is 2. The second-order valence-corrected chi connectivity index (χ2v) is 3.66. The van der Waals surface area contributed by atoms with Gasteiger partial charge in [0.15, 0.2) is 0 Å². The van der Waals surface area contributed by atoms with E-state index in [9.17, 15) is 14.0 Å². The van der Waals surface area contributed by atoms with E-state index in [0.717, 1.165) is 6.42 Å². The van der Waals surface area contributed by atoms with Crippen LogP contribution in [0.1, 0.15) is 13.3 Å². The fourth-order valence-corrected chi connectivity index (χ4v) is 1.20. The highest BCUT2D eigenvalue weighted by molar-refractivity contribution is 5.96. The van der Waals surface area contributed by atoms with Crippen LogP contribution in [0.2, 0.25) is 0 Å². The number of imide groups is 1. The van der Waals surface area contributed by atoms with E-state index < -0.39 is 11.9 Å². The summed E-state index contributed by atoms with van der Waals surface area (Å²) in [5.74, 6) is -0.795. The standard InChI is InChI=1S/C12H16FN3O2/c1-2-7-14-12(18)16-11(17)8-15-10-5-3-9(13)4-6-10/h3-6,15H,2,7-8H2,1H3,(H2,14,16,17,18). The molecule has 0 radical (unpaired) electrons. The Kier molecular flexibility index (Phi) is 5.63. The van der Waals surface area contributed by atoms with Crippen molar-refractivity contribution in [2.45, 2.75) is 13.3 Å². The average Bonchev–Trinajstić information content (AvgIpc) is 2.35. The smallest absolute Gasteiger partial charge is 0.321 e. The lowest BCUT2D eigenvalue weighted by molar-refractivity contribution is -0.118. The lowest BCUT2D eigenvalue weighted by atomic mass is 10.3.